The Kier molecular flexibility index (Phi) is 54.7. The number of carboxylic acids is 1. The minimum atomic E-state index is -1.18. The quantitative estimate of drug-likeness (QED) is 0.0385. The van der Waals surface area contributed by atoms with E-state index in [0.717, 1.165) is 69.3 Å². The topological polar surface area (TPSA) is 88.1 Å². The van der Waals surface area contributed by atoms with Gasteiger partial charge in [0.15, 0.2) is 0 Å². The van der Waals surface area contributed by atoms with Crippen LogP contribution in [0.1, 0.15) is 188 Å². The van der Waals surface area contributed by atoms with Crippen LogP contribution in [-0.4, -0.2) is 62.7 Å². The number of hydrogen-bond donors (Lipinski definition) is 2. The first-order valence-corrected chi connectivity index (χ1v) is 20.8. The van der Waals surface area contributed by atoms with Gasteiger partial charge in [-0.1, -0.05) is 147 Å². The molecular formula is C45H86F2N2O5. The van der Waals surface area contributed by atoms with Crippen LogP contribution in [0.4, 0.5) is 8.78 Å². The highest BCUT2D eigenvalue weighted by Crippen LogP contribution is 2.15. The predicted molar refractivity (Wildman–Crippen MR) is 228 cm³/mol. The molecule has 0 aliphatic carbocycles. The zero-order chi connectivity index (χ0) is 40.0. The summed E-state index contributed by atoms with van der Waals surface area (Å²) in [5, 5.41) is 9.54. The number of alkyl halides is 2. The van der Waals surface area contributed by atoms with Crippen LogP contribution in [0.2, 0.25) is 0 Å². The fourth-order valence-corrected chi connectivity index (χ4v) is 5.17. The second-order valence-electron chi connectivity index (χ2n) is 13.5. The Hall–Kier alpha value is -2.36. The van der Waals surface area contributed by atoms with Crippen molar-refractivity contribution in [2.45, 2.75) is 201 Å². The average Bonchev–Trinajstić information content (AvgIpc) is 3.14. The summed E-state index contributed by atoms with van der Waals surface area (Å²) in [4.78, 5) is 30.9. The van der Waals surface area contributed by atoms with Gasteiger partial charge in [-0.2, -0.15) is 0 Å². The lowest BCUT2D eigenvalue weighted by atomic mass is 10.1. The normalized spacial score (nSPS) is 12.4. The third-order valence-electron chi connectivity index (χ3n) is 8.56. The Morgan fingerprint density at radius 3 is 1.28 bits per heavy atom. The summed E-state index contributed by atoms with van der Waals surface area (Å²) in [6, 6.07) is 0. The van der Waals surface area contributed by atoms with Crippen LogP contribution in [0.5, 0.6) is 0 Å². The monoisotopic (exact) mass is 773 g/mol. The Balaban J connectivity index is -0.000000416. The maximum atomic E-state index is 13.7. The van der Waals surface area contributed by atoms with Crippen molar-refractivity contribution in [3.63, 3.8) is 0 Å². The zero-order valence-corrected chi connectivity index (χ0v) is 34.9. The lowest BCUT2D eigenvalue weighted by Gasteiger charge is -2.15. The average molecular weight is 773 g/mol. The summed E-state index contributed by atoms with van der Waals surface area (Å²) in [5.41, 5.74) is 2.43. The molecule has 0 saturated heterocycles. The molecular weight excluding hydrogens is 687 g/mol. The van der Waals surface area contributed by atoms with Gasteiger partial charge in [0, 0.05) is 14.1 Å². The number of amides is 1. The van der Waals surface area contributed by atoms with Crippen molar-refractivity contribution in [3.05, 3.63) is 48.6 Å². The molecule has 0 saturated carbocycles. The number of hydrogen-bond acceptors (Lipinski definition) is 5. The van der Waals surface area contributed by atoms with Crippen LogP contribution in [0.25, 0.3) is 0 Å². The molecule has 0 radical (unpaired) electrons. The van der Waals surface area contributed by atoms with Crippen LogP contribution in [0.3, 0.4) is 0 Å². The molecule has 1 amide bonds. The SMILES string of the molecule is C.CCCCC/C=C\C/C=C\CCCCCCCC(F)CC(=O)N(C)OC.CCCCC/C=C\C/C=C\CCCCCCCC(F)CC(=O)O.CNOC. The number of carboxylic acid groups (broad SMARTS) is 1. The van der Waals surface area contributed by atoms with Gasteiger partial charge in [0.25, 0.3) is 0 Å². The van der Waals surface area contributed by atoms with E-state index in [4.69, 9.17) is 9.94 Å². The molecule has 0 spiro atoms. The van der Waals surface area contributed by atoms with E-state index in [9.17, 15) is 18.4 Å². The molecule has 0 rings (SSSR count). The van der Waals surface area contributed by atoms with Gasteiger partial charge in [-0.15, -0.1) is 0 Å². The molecule has 9 heteroatoms. The molecule has 320 valence electrons. The number of aliphatic carboxylic acids is 1. The van der Waals surface area contributed by atoms with Crippen molar-refractivity contribution in [3.8, 4) is 0 Å². The first-order chi connectivity index (χ1) is 25.7. The summed E-state index contributed by atoms with van der Waals surface area (Å²) in [6.45, 7) is 4.46. The Labute approximate surface area is 332 Å². The molecule has 2 unspecified atom stereocenters. The number of carbonyl (C=O) groups is 2. The van der Waals surface area contributed by atoms with Crippen LogP contribution in [-0.2, 0) is 19.3 Å². The van der Waals surface area contributed by atoms with Crippen molar-refractivity contribution in [1.29, 1.82) is 0 Å². The van der Waals surface area contributed by atoms with Crippen LogP contribution in [0, 0.1) is 0 Å². The standard InChI is InChI=1S/C22H40FNO2.C20H35FO2.C2H7NO.CH4/c1-4-5-6-7-8-9-10-11-12-13-14-15-16-17-18-19-21(23)20-22(25)24(2)26-3;1-2-3-4-5-6-7-8-9-10-11-12-13-14-15-16-17-19(21)18-20(22)23;1-3-4-2;/h8-9,11-12,21H,4-7,10,13-20H2,1-3H3;6-7,9-10,19H,2-5,8,11-18H2,1H3,(H,22,23);3H,1-2H3;1H4/b9-8-,12-11-;7-6-,10-9-;;. The van der Waals surface area contributed by atoms with Crippen LogP contribution in [0.15, 0.2) is 48.6 Å². The number of rotatable bonds is 34. The van der Waals surface area contributed by atoms with Gasteiger partial charge >= 0.3 is 5.97 Å². The number of allylic oxidation sites excluding steroid dienone is 8. The fraction of sp³-hybridized carbons (Fsp3) is 0.778. The third-order valence-corrected chi connectivity index (χ3v) is 8.56. The summed E-state index contributed by atoms with van der Waals surface area (Å²) in [7, 11) is 6.19. The van der Waals surface area contributed by atoms with Crippen molar-refractivity contribution in [1.82, 2.24) is 10.5 Å². The third kappa shape index (κ3) is 54.0. The molecule has 7 nitrogen and oxygen atoms in total. The molecule has 2 atom stereocenters. The van der Waals surface area contributed by atoms with E-state index in [1.807, 2.05) is 0 Å². The van der Waals surface area contributed by atoms with E-state index in [1.165, 1.54) is 91.2 Å². The van der Waals surface area contributed by atoms with Crippen LogP contribution < -0.4 is 5.48 Å². The van der Waals surface area contributed by atoms with E-state index in [0.29, 0.717) is 12.8 Å². The summed E-state index contributed by atoms with van der Waals surface area (Å²) in [6.07, 6.45) is 41.5. The van der Waals surface area contributed by atoms with E-state index >= 15 is 0 Å². The van der Waals surface area contributed by atoms with E-state index in [2.05, 4.69) is 72.8 Å². The predicted octanol–water partition coefficient (Wildman–Crippen LogP) is 13.6. The largest absolute Gasteiger partial charge is 0.481 e. The lowest BCUT2D eigenvalue weighted by Crippen LogP contribution is -2.27. The number of nitrogens with one attached hydrogen (secondary N) is 1. The Morgan fingerprint density at radius 2 is 0.944 bits per heavy atom. The van der Waals surface area contributed by atoms with Crippen LogP contribution >= 0.6 is 0 Å². The Morgan fingerprint density at radius 1 is 0.611 bits per heavy atom. The van der Waals surface area contributed by atoms with Gasteiger partial charge in [-0.25, -0.2) is 19.3 Å². The number of hydroxylamine groups is 3. The maximum Gasteiger partial charge on any atom is 0.306 e. The number of nitrogens with zero attached hydrogens (tertiary/aromatic N) is 1. The number of unbranched alkanes of at least 4 members (excludes halogenated alkanes) is 16. The van der Waals surface area contributed by atoms with Gasteiger partial charge in [-0.3, -0.25) is 14.4 Å². The smallest absolute Gasteiger partial charge is 0.306 e. The minimum Gasteiger partial charge on any atom is -0.481 e. The van der Waals surface area contributed by atoms with Gasteiger partial charge in [-0.05, 0) is 77.0 Å². The summed E-state index contributed by atoms with van der Waals surface area (Å²) >= 11 is 0. The maximum absolute atomic E-state index is 13.7. The highest BCUT2D eigenvalue weighted by molar-refractivity contribution is 5.75. The van der Waals surface area contributed by atoms with Gasteiger partial charge in [0.1, 0.15) is 12.3 Å². The molecule has 54 heavy (non-hydrogen) atoms. The minimum absolute atomic E-state index is 0. The van der Waals surface area contributed by atoms with Gasteiger partial charge < -0.3 is 9.94 Å². The van der Waals surface area contributed by atoms with Gasteiger partial charge in [0.2, 0.25) is 5.91 Å². The Bertz CT molecular complexity index is 880. The van der Waals surface area contributed by atoms with E-state index in [1.54, 1.807) is 14.2 Å². The molecule has 0 aliphatic rings. The molecule has 0 aromatic carbocycles. The van der Waals surface area contributed by atoms with Crippen molar-refractivity contribution >= 4 is 11.9 Å². The first kappa shape index (κ1) is 58.3. The second kappa shape index (κ2) is 50.6. The molecule has 0 bridgehead atoms. The van der Waals surface area contributed by atoms with Crippen molar-refractivity contribution in [2.24, 2.45) is 0 Å². The lowest BCUT2D eigenvalue weighted by molar-refractivity contribution is -0.169. The number of halogens is 2. The van der Waals surface area contributed by atoms with Crippen molar-refractivity contribution in [2.75, 3.05) is 28.3 Å². The highest BCUT2D eigenvalue weighted by Gasteiger charge is 2.15. The molecule has 0 aliphatic heterocycles. The van der Waals surface area contributed by atoms with Crippen molar-refractivity contribution < 1.29 is 33.2 Å². The first-order valence-electron chi connectivity index (χ1n) is 20.8. The number of carbonyl (C=O) groups excluding carboxylic acids is 1. The van der Waals surface area contributed by atoms with Gasteiger partial charge in [0.05, 0.1) is 27.1 Å². The molecule has 0 aromatic heterocycles. The van der Waals surface area contributed by atoms with E-state index < -0.39 is 18.3 Å². The fourth-order valence-electron chi connectivity index (χ4n) is 5.17. The highest BCUT2D eigenvalue weighted by atomic mass is 19.1. The summed E-state index contributed by atoms with van der Waals surface area (Å²) in [5.74, 6) is -1.34. The molecule has 0 fully saturated rings. The zero-order valence-electron chi connectivity index (χ0n) is 34.9. The molecule has 0 aromatic rings. The molecule has 2 N–H and O–H groups in total. The second-order valence-corrected chi connectivity index (χ2v) is 13.5. The van der Waals surface area contributed by atoms with E-state index in [-0.39, 0.29) is 26.2 Å². The summed E-state index contributed by atoms with van der Waals surface area (Å²) < 4.78 is 26.8. The molecule has 0 heterocycles.